The first-order chi connectivity index (χ1) is 10.8. The van der Waals surface area contributed by atoms with Crippen molar-refractivity contribution < 1.29 is 0 Å². The topological polar surface area (TPSA) is 30.2 Å². The summed E-state index contributed by atoms with van der Waals surface area (Å²) < 4.78 is 3.16. The Morgan fingerprint density at radius 3 is 2.41 bits per heavy atom. The third-order valence-corrected chi connectivity index (χ3v) is 4.51. The molecule has 2 aromatic carbocycles. The molecule has 4 aromatic rings. The van der Waals surface area contributed by atoms with Gasteiger partial charge in [-0.2, -0.15) is 0 Å². The molecule has 0 bridgehead atoms. The summed E-state index contributed by atoms with van der Waals surface area (Å²) in [5.41, 5.74) is 3.28. The minimum Gasteiger partial charge on any atom is -0.282 e. The fourth-order valence-corrected chi connectivity index (χ4v) is 3.12. The monoisotopic (exact) mass is 351 g/mol. The van der Waals surface area contributed by atoms with Crippen molar-refractivity contribution >= 4 is 32.3 Å². The third kappa shape index (κ3) is 2.03. The van der Waals surface area contributed by atoms with Crippen molar-refractivity contribution in [1.29, 1.82) is 0 Å². The van der Waals surface area contributed by atoms with Crippen LogP contribution in [0, 0.1) is 0 Å². The molecule has 0 N–H and O–H groups in total. The Hall–Kier alpha value is -2.20. The number of halogens is 1. The first-order valence-corrected chi connectivity index (χ1v) is 8.08. The molecule has 0 saturated heterocycles. The van der Waals surface area contributed by atoms with E-state index < -0.39 is 0 Å². The molecule has 0 saturated carbocycles. The van der Waals surface area contributed by atoms with Crippen LogP contribution in [0.15, 0.2) is 59.2 Å². The average Bonchev–Trinajstić information content (AvgIpc) is 2.99. The minimum atomic E-state index is 0.878. The van der Waals surface area contributed by atoms with E-state index >= 15 is 0 Å². The van der Waals surface area contributed by atoms with Gasteiger partial charge in [0.15, 0.2) is 11.5 Å². The molecule has 0 fully saturated rings. The number of benzene rings is 2. The van der Waals surface area contributed by atoms with Gasteiger partial charge in [-0.15, -0.1) is 10.2 Å². The second-order valence-electron chi connectivity index (χ2n) is 5.28. The zero-order valence-electron chi connectivity index (χ0n) is 12.1. The fraction of sp³-hybridized carbons (Fsp3) is 0.111. The molecule has 0 spiro atoms. The van der Waals surface area contributed by atoms with Crippen molar-refractivity contribution in [2.75, 3.05) is 0 Å². The summed E-state index contributed by atoms with van der Waals surface area (Å²) in [6, 6.07) is 16.6. The van der Waals surface area contributed by atoms with Crippen LogP contribution in [-0.4, -0.2) is 14.6 Å². The highest BCUT2D eigenvalue weighted by Crippen LogP contribution is 2.27. The maximum atomic E-state index is 4.42. The molecular formula is C18H14BrN3. The Morgan fingerprint density at radius 1 is 0.955 bits per heavy atom. The lowest BCUT2D eigenvalue weighted by molar-refractivity contribution is 1.08. The summed E-state index contributed by atoms with van der Waals surface area (Å²) in [6.07, 6.45) is 3.14. The normalized spacial score (nSPS) is 11.4. The van der Waals surface area contributed by atoms with Crippen molar-refractivity contribution in [3.63, 3.8) is 0 Å². The van der Waals surface area contributed by atoms with Gasteiger partial charge in [-0.25, -0.2) is 0 Å². The minimum absolute atomic E-state index is 0.878. The Balaban J connectivity index is 2.06. The van der Waals surface area contributed by atoms with Crippen LogP contribution in [0.2, 0.25) is 0 Å². The van der Waals surface area contributed by atoms with Gasteiger partial charge in [0.1, 0.15) is 0 Å². The van der Waals surface area contributed by atoms with E-state index in [0.717, 1.165) is 33.3 Å². The maximum absolute atomic E-state index is 4.42. The van der Waals surface area contributed by atoms with Crippen LogP contribution in [0.4, 0.5) is 0 Å². The van der Waals surface area contributed by atoms with Crippen molar-refractivity contribution in [3.05, 3.63) is 64.8 Å². The van der Waals surface area contributed by atoms with Crippen LogP contribution in [-0.2, 0) is 6.42 Å². The predicted molar refractivity (Wildman–Crippen MR) is 93.0 cm³/mol. The SMILES string of the molecule is CCc1cn2c(-c3ccc(Br)cc3)nnc2c2ccccc12. The first kappa shape index (κ1) is 13.5. The van der Waals surface area contributed by atoms with Gasteiger partial charge in [-0.05, 0) is 29.5 Å². The van der Waals surface area contributed by atoms with Crippen LogP contribution in [0.3, 0.4) is 0 Å². The van der Waals surface area contributed by atoms with E-state index in [9.17, 15) is 0 Å². The Bertz CT molecular complexity index is 971. The molecule has 0 amide bonds. The molecule has 0 radical (unpaired) electrons. The van der Waals surface area contributed by atoms with Crippen molar-refractivity contribution in [1.82, 2.24) is 14.6 Å². The molecule has 2 aromatic heterocycles. The van der Waals surface area contributed by atoms with Crippen LogP contribution >= 0.6 is 15.9 Å². The molecule has 0 unspecified atom stereocenters. The number of nitrogens with zero attached hydrogens (tertiary/aromatic N) is 3. The molecule has 108 valence electrons. The summed E-state index contributed by atoms with van der Waals surface area (Å²) in [4.78, 5) is 0. The predicted octanol–water partition coefficient (Wildman–Crippen LogP) is 4.87. The van der Waals surface area contributed by atoms with Gasteiger partial charge < -0.3 is 0 Å². The Labute approximate surface area is 136 Å². The highest BCUT2D eigenvalue weighted by molar-refractivity contribution is 9.10. The second kappa shape index (κ2) is 5.21. The summed E-state index contributed by atoms with van der Waals surface area (Å²) in [5, 5.41) is 11.2. The Morgan fingerprint density at radius 2 is 1.68 bits per heavy atom. The van der Waals surface area contributed by atoms with Gasteiger partial charge in [0.05, 0.1) is 0 Å². The number of pyridine rings is 1. The lowest BCUT2D eigenvalue weighted by Crippen LogP contribution is -1.94. The quantitative estimate of drug-likeness (QED) is 0.515. The molecule has 22 heavy (non-hydrogen) atoms. The van der Waals surface area contributed by atoms with E-state index in [0.29, 0.717) is 0 Å². The molecule has 0 atom stereocenters. The number of rotatable bonds is 2. The lowest BCUT2D eigenvalue weighted by Gasteiger charge is -2.08. The van der Waals surface area contributed by atoms with E-state index in [1.54, 1.807) is 0 Å². The van der Waals surface area contributed by atoms with Crippen LogP contribution in [0.5, 0.6) is 0 Å². The molecule has 2 heterocycles. The zero-order valence-corrected chi connectivity index (χ0v) is 13.7. The second-order valence-corrected chi connectivity index (χ2v) is 6.19. The smallest absolute Gasteiger partial charge is 0.168 e. The third-order valence-electron chi connectivity index (χ3n) is 3.98. The summed E-state index contributed by atoms with van der Waals surface area (Å²) >= 11 is 3.47. The summed E-state index contributed by atoms with van der Waals surface area (Å²) in [6.45, 7) is 2.18. The number of aryl methyl sites for hydroxylation is 1. The average molecular weight is 352 g/mol. The molecule has 4 heteroatoms. The van der Waals surface area contributed by atoms with Gasteiger partial charge in [-0.3, -0.25) is 4.40 Å². The molecule has 4 rings (SSSR count). The van der Waals surface area contributed by atoms with Crippen molar-refractivity contribution in [2.24, 2.45) is 0 Å². The fourth-order valence-electron chi connectivity index (χ4n) is 2.86. The molecule has 0 aliphatic rings. The number of hydrogen-bond acceptors (Lipinski definition) is 2. The Kier molecular flexibility index (Phi) is 3.19. The lowest BCUT2D eigenvalue weighted by atomic mass is 10.1. The van der Waals surface area contributed by atoms with Crippen LogP contribution in [0.25, 0.3) is 27.8 Å². The van der Waals surface area contributed by atoms with E-state index in [4.69, 9.17) is 0 Å². The summed E-state index contributed by atoms with van der Waals surface area (Å²) in [7, 11) is 0. The maximum Gasteiger partial charge on any atom is 0.168 e. The van der Waals surface area contributed by atoms with Gasteiger partial charge in [0.2, 0.25) is 0 Å². The van der Waals surface area contributed by atoms with E-state index in [1.807, 2.05) is 12.1 Å². The van der Waals surface area contributed by atoms with Crippen molar-refractivity contribution in [2.45, 2.75) is 13.3 Å². The molecule has 3 nitrogen and oxygen atoms in total. The summed E-state index contributed by atoms with van der Waals surface area (Å²) in [5.74, 6) is 0.878. The number of hydrogen-bond donors (Lipinski definition) is 0. The van der Waals surface area contributed by atoms with Gasteiger partial charge in [0.25, 0.3) is 0 Å². The van der Waals surface area contributed by atoms with Gasteiger partial charge >= 0.3 is 0 Å². The van der Waals surface area contributed by atoms with E-state index in [-0.39, 0.29) is 0 Å². The van der Waals surface area contributed by atoms with Crippen LogP contribution in [0.1, 0.15) is 12.5 Å². The molecule has 0 aliphatic carbocycles. The molecular weight excluding hydrogens is 338 g/mol. The molecule has 0 aliphatic heterocycles. The van der Waals surface area contributed by atoms with Gasteiger partial charge in [-0.1, -0.05) is 59.3 Å². The number of fused-ring (bicyclic) bond motifs is 3. The zero-order chi connectivity index (χ0) is 15.1. The van der Waals surface area contributed by atoms with Crippen LogP contribution < -0.4 is 0 Å². The van der Waals surface area contributed by atoms with Crippen molar-refractivity contribution in [3.8, 4) is 11.4 Å². The highest BCUT2D eigenvalue weighted by atomic mass is 79.9. The number of aromatic nitrogens is 3. The van der Waals surface area contributed by atoms with Gasteiger partial charge in [0, 0.05) is 21.6 Å². The largest absolute Gasteiger partial charge is 0.282 e. The van der Waals surface area contributed by atoms with E-state index in [1.165, 1.54) is 10.9 Å². The van der Waals surface area contributed by atoms with E-state index in [2.05, 4.69) is 80.0 Å². The highest BCUT2D eigenvalue weighted by Gasteiger charge is 2.12. The standard InChI is InChI=1S/C18H14BrN3/c1-2-12-11-22-17(13-7-9-14(19)10-8-13)20-21-18(22)16-6-4-3-5-15(12)16/h3-11H,2H2,1H3. The first-order valence-electron chi connectivity index (χ1n) is 7.29.